The van der Waals surface area contributed by atoms with Crippen LogP contribution in [0.2, 0.25) is 0 Å². The van der Waals surface area contributed by atoms with E-state index in [4.69, 9.17) is 10.5 Å². The number of carbonyl (C=O) groups is 1. The lowest BCUT2D eigenvalue weighted by atomic mass is 9.91. The third-order valence-corrected chi connectivity index (χ3v) is 5.54. The topological polar surface area (TPSA) is 160 Å². The fourth-order valence-electron chi connectivity index (χ4n) is 3.67. The van der Waals surface area contributed by atoms with Gasteiger partial charge in [0.25, 0.3) is 0 Å². The molecular formula is C28H32N8O2. The van der Waals surface area contributed by atoms with Crippen LogP contribution in [0.5, 0.6) is 0 Å². The molecule has 0 aliphatic heterocycles. The van der Waals surface area contributed by atoms with Gasteiger partial charge < -0.3 is 15.7 Å². The lowest BCUT2D eigenvalue weighted by molar-refractivity contribution is -0.137. The molecule has 0 aliphatic rings. The number of carboxylic acid groups (broad SMARTS) is 1. The van der Waals surface area contributed by atoms with Crippen LogP contribution < -0.4 is 10.6 Å². The summed E-state index contributed by atoms with van der Waals surface area (Å²) in [7, 11) is 0. The summed E-state index contributed by atoms with van der Waals surface area (Å²) >= 11 is 0. The van der Waals surface area contributed by atoms with Crippen molar-refractivity contribution in [3.8, 4) is 17.3 Å². The van der Waals surface area contributed by atoms with Gasteiger partial charge in [0.2, 0.25) is 5.95 Å². The van der Waals surface area contributed by atoms with E-state index in [-0.39, 0.29) is 23.5 Å². The van der Waals surface area contributed by atoms with Gasteiger partial charge in [-0.15, -0.1) is 0 Å². The highest BCUT2D eigenvalue weighted by atomic mass is 16.4. The average Bonchev–Trinajstić information content (AvgIpc) is 2.85. The Kier molecular flexibility index (Phi) is 8.53. The third-order valence-electron chi connectivity index (χ3n) is 5.54. The number of nitrogens with one attached hydrogen (secondary N) is 3. The fourth-order valence-corrected chi connectivity index (χ4v) is 3.67. The van der Waals surface area contributed by atoms with E-state index in [0.29, 0.717) is 29.1 Å². The molecule has 0 radical (unpaired) electrons. The van der Waals surface area contributed by atoms with Crippen LogP contribution in [0.1, 0.15) is 63.7 Å². The van der Waals surface area contributed by atoms with Gasteiger partial charge in [0.1, 0.15) is 5.70 Å². The summed E-state index contributed by atoms with van der Waals surface area (Å²) in [5, 5.41) is 28.5. The number of aliphatic carboxylic acids is 1. The number of pyridine rings is 1. The monoisotopic (exact) mass is 512 g/mol. The van der Waals surface area contributed by atoms with Crippen LogP contribution in [-0.4, -0.2) is 31.6 Å². The summed E-state index contributed by atoms with van der Waals surface area (Å²) in [6.07, 6.45) is 1.43. The molecule has 0 unspecified atom stereocenters. The van der Waals surface area contributed by atoms with Crippen molar-refractivity contribution in [1.29, 1.82) is 10.8 Å². The maximum atomic E-state index is 11.3. The number of rotatable bonds is 10. The van der Waals surface area contributed by atoms with E-state index in [1.165, 1.54) is 0 Å². The van der Waals surface area contributed by atoms with E-state index in [2.05, 4.69) is 52.6 Å². The van der Waals surface area contributed by atoms with E-state index in [1.807, 2.05) is 24.3 Å². The Morgan fingerprint density at radius 2 is 1.84 bits per heavy atom. The molecule has 0 amide bonds. The first-order valence-electron chi connectivity index (χ1n) is 12.1. The first-order chi connectivity index (χ1) is 17.9. The molecule has 10 heteroatoms. The zero-order valence-corrected chi connectivity index (χ0v) is 22.2. The molecule has 0 spiro atoms. The van der Waals surface area contributed by atoms with Crippen molar-refractivity contribution in [2.75, 3.05) is 5.32 Å². The molecule has 10 nitrogen and oxygen atoms in total. The maximum Gasteiger partial charge on any atom is 0.305 e. The van der Waals surface area contributed by atoms with Crippen LogP contribution in [0, 0.1) is 16.9 Å². The molecule has 38 heavy (non-hydrogen) atoms. The first-order valence-corrected chi connectivity index (χ1v) is 12.1. The Morgan fingerprint density at radius 1 is 1.11 bits per heavy atom. The highest BCUT2D eigenvalue weighted by molar-refractivity contribution is 5.71. The lowest BCUT2D eigenvalue weighted by Gasteiger charge is -2.24. The minimum absolute atomic E-state index is 0.0778. The van der Waals surface area contributed by atoms with Gasteiger partial charge in [-0.2, -0.15) is 10.4 Å². The Balaban J connectivity index is 1.97. The maximum absolute atomic E-state index is 11.3. The molecule has 0 saturated heterocycles. The molecular weight excluding hydrogens is 480 g/mol. The number of hydrogen-bond donors (Lipinski definition) is 4. The van der Waals surface area contributed by atoms with Gasteiger partial charge in [-0.1, -0.05) is 39.0 Å². The molecule has 0 bridgehead atoms. The van der Waals surface area contributed by atoms with Gasteiger partial charge in [0, 0.05) is 28.4 Å². The fraction of sp³-hybridized carbons (Fsp3) is 0.321. The molecule has 3 rings (SSSR count). The van der Waals surface area contributed by atoms with Gasteiger partial charge in [-0.05, 0) is 44.2 Å². The Labute approximate surface area is 222 Å². The van der Waals surface area contributed by atoms with Gasteiger partial charge in [-0.3, -0.25) is 9.78 Å². The first kappa shape index (κ1) is 27.9. The largest absolute Gasteiger partial charge is 0.481 e. The van der Waals surface area contributed by atoms with Gasteiger partial charge in [0.05, 0.1) is 41.7 Å². The normalized spacial score (nSPS) is 11.9. The van der Waals surface area contributed by atoms with Gasteiger partial charge in [0.15, 0.2) is 0 Å². The minimum Gasteiger partial charge on any atom is -0.481 e. The Bertz CT molecular complexity index is 1400. The van der Waals surface area contributed by atoms with Crippen LogP contribution in [0.25, 0.3) is 17.0 Å². The predicted molar refractivity (Wildman–Crippen MR) is 145 cm³/mol. The SMILES string of the molecule is CC(C)(CC(=O)O)Nc1nc(/C(=C/NCc2cccc(C(C)(C)C)n2)N=N)cc(-c2cccc(C#N)c2)n1. The molecule has 4 N–H and O–H groups in total. The second-order valence-electron chi connectivity index (χ2n) is 10.5. The zero-order valence-electron chi connectivity index (χ0n) is 22.2. The summed E-state index contributed by atoms with van der Waals surface area (Å²) in [5.41, 5.74) is 10.9. The van der Waals surface area contributed by atoms with Crippen LogP contribution >= 0.6 is 0 Å². The Morgan fingerprint density at radius 3 is 2.50 bits per heavy atom. The molecule has 1 aromatic carbocycles. The number of nitrogens with zero attached hydrogens (tertiary/aromatic N) is 5. The number of anilines is 1. The molecule has 0 atom stereocenters. The van der Waals surface area contributed by atoms with Crippen LogP contribution in [0.3, 0.4) is 0 Å². The zero-order chi connectivity index (χ0) is 27.9. The van der Waals surface area contributed by atoms with E-state index in [0.717, 1.165) is 11.4 Å². The number of hydrogen-bond acceptors (Lipinski definition) is 9. The molecule has 2 aromatic heterocycles. The smallest absolute Gasteiger partial charge is 0.305 e. The van der Waals surface area contributed by atoms with Crippen LogP contribution in [0.15, 0.2) is 59.8 Å². The quantitative estimate of drug-likeness (QED) is 0.259. The van der Waals surface area contributed by atoms with Crippen molar-refractivity contribution in [3.05, 3.63) is 77.4 Å². The predicted octanol–water partition coefficient (Wildman–Crippen LogP) is 5.49. The summed E-state index contributed by atoms with van der Waals surface area (Å²) < 4.78 is 0. The van der Waals surface area contributed by atoms with Crippen molar-refractivity contribution in [2.45, 2.75) is 58.5 Å². The standard InChI is InChI=1S/C28H32N8O2/c1-27(2,3)24-11-7-10-20(32-24)16-31-17-23(36-30)22-13-21(19-9-6-8-18(12-19)15-29)33-26(34-22)35-28(4,5)14-25(37)38/h6-13,17,30-31H,14,16H2,1-5H3,(H,37,38)(H,33,34,35)/b23-17-,36-30?. The van der Waals surface area contributed by atoms with E-state index in [1.54, 1.807) is 44.3 Å². The van der Waals surface area contributed by atoms with E-state index in [9.17, 15) is 15.2 Å². The highest BCUT2D eigenvalue weighted by Gasteiger charge is 2.23. The number of benzene rings is 1. The summed E-state index contributed by atoms with van der Waals surface area (Å²) in [5.74, 6) is -0.782. The second-order valence-corrected chi connectivity index (χ2v) is 10.5. The van der Waals surface area contributed by atoms with Gasteiger partial charge >= 0.3 is 5.97 Å². The van der Waals surface area contributed by atoms with Crippen molar-refractivity contribution in [1.82, 2.24) is 20.3 Å². The minimum atomic E-state index is -0.962. The summed E-state index contributed by atoms with van der Waals surface area (Å²) in [6.45, 7) is 10.2. The number of carboxylic acids is 1. The average molecular weight is 513 g/mol. The molecule has 3 aromatic rings. The second kappa shape index (κ2) is 11.6. The molecule has 0 fully saturated rings. The van der Waals surface area contributed by atoms with Crippen molar-refractivity contribution < 1.29 is 9.90 Å². The van der Waals surface area contributed by atoms with Crippen molar-refractivity contribution >= 4 is 17.6 Å². The Hall–Kier alpha value is -4.65. The van der Waals surface area contributed by atoms with E-state index < -0.39 is 11.5 Å². The lowest BCUT2D eigenvalue weighted by Crippen LogP contribution is -2.34. The van der Waals surface area contributed by atoms with Crippen molar-refractivity contribution in [3.63, 3.8) is 0 Å². The van der Waals surface area contributed by atoms with Crippen LogP contribution in [-0.2, 0) is 16.8 Å². The highest BCUT2D eigenvalue weighted by Crippen LogP contribution is 2.26. The summed E-state index contributed by atoms with van der Waals surface area (Å²) in [4.78, 5) is 25.1. The molecule has 2 heterocycles. The number of nitriles is 1. The van der Waals surface area contributed by atoms with Crippen molar-refractivity contribution in [2.24, 2.45) is 5.11 Å². The van der Waals surface area contributed by atoms with E-state index >= 15 is 0 Å². The third kappa shape index (κ3) is 7.67. The molecule has 0 saturated carbocycles. The van der Waals surface area contributed by atoms with Crippen LogP contribution in [0.4, 0.5) is 5.95 Å². The molecule has 0 aliphatic carbocycles. The van der Waals surface area contributed by atoms with Gasteiger partial charge in [-0.25, -0.2) is 15.5 Å². The summed E-state index contributed by atoms with van der Waals surface area (Å²) in [6, 6.07) is 16.6. The number of aromatic nitrogens is 3. The molecule has 196 valence electrons.